The first kappa shape index (κ1) is 48.8. The van der Waals surface area contributed by atoms with Gasteiger partial charge in [-0.05, 0) is 85.2 Å². The first-order chi connectivity index (χ1) is 29.2. The van der Waals surface area contributed by atoms with Gasteiger partial charge < -0.3 is 43.2 Å². The number of ether oxygens (including phenoxy) is 5. The van der Waals surface area contributed by atoms with Crippen LogP contribution in [-0.2, 0) is 44.6 Å². The number of ketones is 2. The number of fused-ring (bicyclic) bond motifs is 1. The summed E-state index contributed by atoms with van der Waals surface area (Å²) in [5.74, 6) is -4.38. The minimum atomic E-state index is -1.60. The molecule has 0 bridgehead atoms. The molecule has 0 aromatic carbocycles. The number of hydrogen-bond acceptors (Lipinski definition) is 14. The van der Waals surface area contributed by atoms with E-state index in [9.17, 15) is 24.3 Å². The SMILES string of the molecule is C=C[C@]12OC(=O)N(CCCCn3cnc(-c4ccc(N(C)C)nc4)c3)[C@@H]1[C@@H](C)C(=O)[C@H](C)C[C@](C)(OC)[C@H](OC1O[C@H](C)C[C@H](N(C)C)[C@H]1O)[C@@H](C)C(=O)[C@@H](C)C(=O)O[C@@H]2CC. The Labute approximate surface area is 367 Å². The van der Waals surface area contributed by atoms with E-state index in [2.05, 4.69) is 16.5 Å². The van der Waals surface area contributed by atoms with Crippen LogP contribution in [-0.4, -0.2) is 149 Å². The lowest BCUT2D eigenvalue weighted by Crippen LogP contribution is -2.60. The molecular formula is C46H70N6O10. The molecule has 5 heterocycles. The number of aryl methyl sites for hydroxylation is 1. The molecule has 3 fully saturated rings. The molecule has 2 aromatic heterocycles. The molecule has 344 valence electrons. The van der Waals surface area contributed by atoms with Crippen molar-refractivity contribution in [3.63, 3.8) is 0 Å². The van der Waals surface area contributed by atoms with Crippen molar-refractivity contribution in [2.45, 2.75) is 141 Å². The Morgan fingerprint density at radius 2 is 1.69 bits per heavy atom. The molecule has 13 atom stereocenters. The summed E-state index contributed by atoms with van der Waals surface area (Å²) in [6.45, 7) is 17.1. The molecule has 1 unspecified atom stereocenters. The molecule has 0 saturated carbocycles. The van der Waals surface area contributed by atoms with E-state index in [4.69, 9.17) is 23.7 Å². The van der Waals surface area contributed by atoms with Crippen LogP contribution in [0.3, 0.4) is 0 Å². The molecule has 16 heteroatoms. The van der Waals surface area contributed by atoms with Crippen molar-refractivity contribution in [2.24, 2.45) is 23.7 Å². The van der Waals surface area contributed by atoms with Crippen LogP contribution in [0.25, 0.3) is 11.3 Å². The number of nitrogens with zero attached hydrogens (tertiary/aromatic N) is 6. The zero-order chi connectivity index (χ0) is 45.8. The fourth-order valence-electron chi connectivity index (χ4n) is 9.69. The van der Waals surface area contributed by atoms with Crippen LogP contribution in [0.4, 0.5) is 10.6 Å². The summed E-state index contributed by atoms with van der Waals surface area (Å²) in [7, 11) is 9.10. The van der Waals surface area contributed by atoms with Crippen molar-refractivity contribution in [1.29, 1.82) is 0 Å². The largest absolute Gasteiger partial charge is 0.457 e. The number of unbranched alkanes of at least 4 members (excludes halogenated alkanes) is 1. The Kier molecular flexibility index (Phi) is 15.8. The van der Waals surface area contributed by atoms with Crippen molar-refractivity contribution in [3.05, 3.63) is 43.5 Å². The molecule has 1 amide bonds. The van der Waals surface area contributed by atoms with Gasteiger partial charge in [0.15, 0.2) is 17.7 Å². The summed E-state index contributed by atoms with van der Waals surface area (Å²) >= 11 is 0. The van der Waals surface area contributed by atoms with E-state index in [1.165, 1.54) is 20.1 Å². The highest BCUT2D eigenvalue weighted by atomic mass is 16.7. The van der Waals surface area contributed by atoms with Gasteiger partial charge in [-0.1, -0.05) is 34.3 Å². The summed E-state index contributed by atoms with van der Waals surface area (Å²) < 4.78 is 33.3. The number of anilines is 1. The van der Waals surface area contributed by atoms with Gasteiger partial charge in [0.05, 0.1) is 35.9 Å². The van der Waals surface area contributed by atoms with Crippen molar-refractivity contribution < 1.29 is 48.0 Å². The number of Topliss-reactive ketones (excluding diaryl/α,β-unsaturated/α-hetero) is 2. The molecule has 3 aliphatic rings. The molecule has 62 heavy (non-hydrogen) atoms. The highest BCUT2D eigenvalue weighted by Crippen LogP contribution is 2.44. The highest BCUT2D eigenvalue weighted by molar-refractivity contribution is 6.00. The molecule has 3 saturated heterocycles. The number of likely N-dealkylation sites (N-methyl/N-ethyl adjacent to an activating group) is 1. The summed E-state index contributed by atoms with van der Waals surface area (Å²) in [5, 5.41) is 11.5. The maximum absolute atomic E-state index is 14.8. The van der Waals surface area contributed by atoms with E-state index < -0.39 is 83.4 Å². The topological polar surface area (TPSA) is 175 Å². The molecular weight excluding hydrogens is 797 g/mol. The van der Waals surface area contributed by atoms with Crippen LogP contribution in [0.15, 0.2) is 43.5 Å². The zero-order valence-corrected chi connectivity index (χ0v) is 38.8. The average Bonchev–Trinajstić information content (AvgIpc) is 3.84. The summed E-state index contributed by atoms with van der Waals surface area (Å²) in [5.41, 5.74) is -1.20. The van der Waals surface area contributed by atoms with Crippen LogP contribution < -0.4 is 4.90 Å². The Balaban J connectivity index is 1.43. The Bertz CT molecular complexity index is 1890. The molecule has 1 N–H and O–H groups in total. The maximum atomic E-state index is 14.8. The first-order valence-electron chi connectivity index (χ1n) is 22.0. The lowest BCUT2D eigenvalue weighted by molar-refractivity contribution is -0.295. The fraction of sp³-hybridized carbons (Fsp3) is 0.696. The third-order valence-corrected chi connectivity index (χ3v) is 13.4. The van der Waals surface area contributed by atoms with E-state index in [1.54, 1.807) is 52.0 Å². The first-order valence-corrected chi connectivity index (χ1v) is 22.0. The summed E-state index contributed by atoms with van der Waals surface area (Å²) in [6.07, 6.45) is 3.85. The number of amides is 1. The highest BCUT2D eigenvalue weighted by Gasteiger charge is 2.61. The van der Waals surface area contributed by atoms with E-state index in [1.807, 2.05) is 67.8 Å². The third kappa shape index (κ3) is 9.94. The van der Waals surface area contributed by atoms with Gasteiger partial charge in [-0.15, -0.1) is 0 Å². The molecule has 2 aromatic rings. The number of imidazole rings is 1. The predicted molar refractivity (Wildman–Crippen MR) is 233 cm³/mol. The van der Waals surface area contributed by atoms with Crippen LogP contribution >= 0.6 is 0 Å². The van der Waals surface area contributed by atoms with Crippen molar-refractivity contribution >= 4 is 29.4 Å². The minimum absolute atomic E-state index is 0.103. The minimum Gasteiger partial charge on any atom is -0.457 e. The molecule has 0 aliphatic carbocycles. The van der Waals surface area contributed by atoms with E-state index in [-0.39, 0.29) is 37.3 Å². The predicted octanol–water partition coefficient (Wildman–Crippen LogP) is 5.16. The second-order valence-corrected chi connectivity index (χ2v) is 18.3. The average molecular weight is 867 g/mol. The van der Waals surface area contributed by atoms with Gasteiger partial charge in [0.25, 0.3) is 0 Å². The lowest BCUT2D eigenvalue weighted by atomic mass is 9.72. The Morgan fingerprint density at radius 1 is 1.00 bits per heavy atom. The van der Waals surface area contributed by atoms with Gasteiger partial charge in [-0.3, -0.25) is 19.3 Å². The quantitative estimate of drug-likeness (QED) is 0.121. The van der Waals surface area contributed by atoms with Gasteiger partial charge in [0.1, 0.15) is 29.7 Å². The van der Waals surface area contributed by atoms with Gasteiger partial charge in [0, 0.05) is 76.0 Å². The number of aliphatic hydroxyl groups excluding tert-OH is 1. The second-order valence-electron chi connectivity index (χ2n) is 18.3. The van der Waals surface area contributed by atoms with Gasteiger partial charge >= 0.3 is 12.1 Å². The van der Waals surface area contributed by atoms with E-state index in [0.29, 0.717) is 25.8 Å². The molecule has 0 radical (unpaired) electrons. The molecule has 5 rings (SSSR count). The number of aliphatic hydroxyl groups is 1. The Hall–Kier alpha value is -4.22. The standard InChI is InChI=1S/C46H70N6O10/c1-14-35-46(15-2)40(52(44(57)62-46)21-17-16-20-51-25-33(48-26-51)32-18-19-36(47-24-32)50(11)12)29(5)37(53)27(3)23-45(8,58-13)41(30(6)38(54)31(7)42(56)60-35)61-43-39(55)34(49(9)10)22-28(4)59-43/h15,18-19,24-31,34-35,39-41,43,55H,2,14,16-17,20-23H2,1,3-13H3/t27-,28-,29+,30+,31-,34+,35-,39-,40-,41-,43?,45+,46-/m1/s1. The number of esters is 1. The van der Waals surface area contributed by atoms with Crippen LogP contribution in [0.1, 0.15) is 80.6 Å². The van der Waals surface area contributed by atoms with Crippen LogP contribution in [0.2, 0.25) is 0 Å². The normalized spacial score (nSPS) is 35.0. The number of hydrogen-bond donors (Lipinski definition) is 1. The maximum Gasteiger partial charge on any atom is 0.411 e. The fourth-order valence-corrected chi connectivity index (χ4v) is 9.69. The molecule has 3 aliphatic heterocycles. The van der Waals surface area contributed by atoms with Gasteiger partial charge in [-0.2, -0.15) is 0 Å². The monoisotopic (exact) mass is 867 g/mol. The number of rotatable bonds is 13. The number of carbonyl (C=O) groups is 4. The summed E-state index contributed by atoms with van der Waals surface area (Å²) in [4.78, 5) is 71.8. The van der Waals surface area contributed by atoms with Gasteiger partial charge in [-0.25, -0.2) is 14.8 Å². The number of pyridine rings is 1. The van der Waals surface area contributed by atoms with Crippen molar-refractivity contribution in [1.82, 2.24) is 24.3 Å². The van der Waals surface area contributed by atoms with Crippen LogP contribution in [0.5, 0.6) is 0 Å². The third-order valence-electron chi connectivity index (χ3n) is 13.4. The smallest absolute Gasteiger partial charge is 0.411 e. The van der Waals surface area contributed by atoms with Crippen molar-refractivity contribution in [3.8, 4) is 11.3 Å². The Morgan fingerprint density at radius 3 is 2.29 bits per heavy atom. The molecule has 0 spiro atoms. The van der Waals surface area contributed by atoms with Crippen molar-refractivity contribution in [2.75, 3.05) is 46.7 Å². The van der Waals surface area contributed by atoms with E-state index >= 15 is 0 Å². The van der Waals surface area contributed by atoms with Crippen LogP contribution in [0, 0.1) is 23.7 Å². The summed E-state index contributed by atoms with van der Waals surface area (Å²) in [6, 6.07) is 2.73. The number of carbonyl (C=O) groups excluding carboxylic acids is 4. The van der Waals surface area contributed by atoms with Gasteiger partial charge in [0.2, 0.25) is 0 Å². The second kappa shape index (κ2) is 20.1. The number of aromatic nitrogens is 3. The zero-order valence-electron chi connectivity index (χ0n) is 38.8. The number of methoxy groups -OCH3 is 1. The van der Waals surface area contributed by atoms with E-state index in [0.717, 1.165) is 17.1 Å². The number of cyclic esters (lactones) is 1. The lowest BCUT2D eigenvalue weighted by Gasteiger charge is -2.47. The molecule has 16 nitrogen and oxygen atoms in total.